The van der Waals surface area contributed by atoms with Gasteiger partial charge < -0.3 is 14.8 Å². The number of halogens is 6. The smallest absolute Gasteiger partial charge is 0.416 e. The number of ether oxygens (including phenoxy) is 2. The van der Waals surface area contributed by atoms with Gasteiger partial charge in [-0.2, -0.15) is 26.3 Å². The molecule has 1 N–H and O–H groups in total. The molecule has 11 heteroatoms. The summed E-state index contributed by atoms with van der Waals surface area (Å²) in [4.78, 5) is 25.1. The van der Waals surface area contributed by atoms with Crippen LogP contribution in [0.5, 0.6) is 11.5 Å². The molecule has 0 atom stereocenters. The second-order valence-electron chi connectivity index (χ2n) is 7.56. The first kappa shape index (κ1) is 24.1. The van der Waals surface area contributed by atoms with E-state index in [4.69, 9.17) is 9.47 Å². The minimum atomic E-state index is -5.07. The molecule has 3 aromatic carbocycles. The Kier molecular flexibility index (Phi) is 6.18. The monoisotopic (exact) mass is 495 g/mol. The standard InChI is InChI=1S/C24H15F6NO4/c25-23(26,27)13-9-14(24(28,29)30)11-15(10-13)31-20(32)12-34-22(33)21-16-5-1-3-7-18(16)35-19-8-4-2-6-17(19)21/h1-11,21H,12H2,(H,31,32). The molecule has 1 heterocycles. The molecule has 0 unspecified atom stereocenters. The van der Waals surface area contributed by atoms with Crippen molar-refractivity contribution in [1.82, 2.24) is 0 Å². The average Bonchev–Trinajstić information content (AvgIpc) is 2.79. The third-order valence-corrected chi connectivity index (χ3v) is 5.13. The van der Waals surface area contributed by atoms with Gasteiger partial charge in [0, 0.05) is 16.8 Å². The number of fused-ring (bicyclic) bond motifs is 2. The van der Waals surface area contributed by atoms with E-state index in [1.54, 1.807) is 48.5 Å². The molecule has 35 heavy (non-hydrogen) atoms. The Morgan fingerprint density at radius 2 is 1.29 bits per heavy atom. The van der Waals surface area contributed by atoms with Crippen LogP contribution in [0, 0.1) is 0 Å². The van der Waals surface area contributed by atoms with E-state index in [-0.39, 0.29) is 6.07 Å². The average molecular weight is 495 g/mol. The van der Waals surface area contributed by atoms with E-state index in [1.165, 1.54) is 0 Å². The molecule has 182 valence electrons. The molecule has 4 rings (SSSR count). The van der Waals surface area contributed by atoms with Crippen LogP contribution in [0.15, 0.2) is 66.7 Å². The van der Waals surface area contributed by atoms with Crippen LogP contribution in [0.25, 0.3) is 0 Å². The number of carbonyl (C=O) groups is 2. The summed E-state index contributed by atoms with van der Waals surface area (Å²) in [6.45, 7) is -0.932. The molecule has 1 aliphatic heterocycles. The van der Waals surface area contributed by atoms with E-state index in [0.717, 1.165) is 0 Å². The summed E-state index contributed by atoms with van der Waals surface area (Å²) in [5.41, 5.74) is -2.96. The molecule has 0 saturated carbocycles. The molecule has 0 aliphatic carbocycles. The third kappa shape index (κ3) is 5.23. The van der Waals surface area contributed by atoms with Crippen molar-refractivity contribution >= 4 is 17.6 Å². The Labute approximate surface area is 194 Å². The highest BCUT2D eigenvalue weighted by Gasteiger charge is 2.37. The molecule has 5 nitrogen and oxygen atoms in total. The van der Waals surface area contributed by atoms with Crippen LogP contribution in [0.4, 0.5) is 32.0 Å². The number of nitrogens with one attached hydrogen (secondary N) is 1. The summed E-state index contributed by atoms with van der Waals surface area (Å²) < 4.78 is 88.9. The summed E-state index contributed by atoms with van der Waals surface area (Å²) in [6, 6.07) is 14.0. The van der Waals surface area contributed by atoms with Crippen LogP contribution >= 0.6 is 0 Å². The zero-order valence-electron chi connectivity index (χ0n) is 17.5. The summed E-state index contributed by atoms with van der Waals surface area (Å²) in [5.74, 6) is -2.10. The maximum absolute atomic E-state index is 13.0. The Morgan fingerprint density at radius 3 is 1.77 bits per heavy atom. The van der Waals surface area contributed by atoms with Gasteiger partial charge in [0.05, 0.1) is 11.1 Å². The maximum Gasteiger partial charge on any atom is 0.416 e. The highest BCUT2D eigenvalue weighted by molar-refractivity contribution is 5.94. The first-order chi connectivity index (χ1) is 16.4. The molecule has 0 aromatic heterocycles. The van der Waals surface area contributed by atoms with E-state index in [1.807, 2.05) is 5.32 Å². The van der Waals surface area contributed by atoms with Crippen molar-refractivity contribution in [3.05, 3.63) is 89.0 Å². The fraction of sp³-hybridized carbons (Fsp3) is 0.167. The fourth-order valence-electron chi connectivity index (χ4n) is 3.61. The van der Waals surface area contributed by atoms with Crippen molar-refractivity contribution in [2.45, 2.75) is 18.3 Å². The van der Waals surface area contributed by atoms with E-state index in [2.05, 4.69) is 0 Å². The van der Waals surface area contributed by atoms with Gasteiger partial charge in [0.2, 0.25) is 0 Å². The van der Waals surface area contributed by atoms with Crippen LogP contribution in [0.3, 0.4) is 0 Å². The first-order valence-corrected chi connectivity index (χ1v) is 10.0. The van der Waals surface area contributed by atoms with Crippen LogP contribution in [0.1, 0.15) is 28.2 Å². The largest absolute Gasteiger partial charge is 0.457 e. The summed E-state index contributed by atoms with van der Waals surface area (Å²) in [6.07, 6.45) is -10.1. The highest BCUT2D eigenvalue weighted by atomic mass is 19.4. The Morgan fingerprint density at radius 1 is 0.800 bits per heavy atom. The molecule has 3 aromatic rings. The SMILES string of the molecule is O=C(COC(=O)C1c2ccccc2Oc2ccccc21)Nc1cc(C(F)(F)F)cc(C(F)(F)F)c1. The van der Waals surface area contributed by atoms with Gasteiger partial charge in [-0.3, -0.25) is 9.59 Å². The number of esters is 1. The van der Waals surface area contributed by atoms with Crippen molar-refractivity contribution in [1.29, 1.82) is 0 Å². The lowest BCUT2D eigenvalue weighted by Crippen LogP contribution is -2.26. The number of carbonyl (C=O) groups excluding carboxylic acids is 2. The number of amides is 1. The number of hydrogen-bond donors (Lipinski definition) is 1. The van der Waals surface area contributed by atoms with E-state index >= 15 is 0 Å². The number of hydrogen-bond acceptors (Lipinski definition) is 4. The van der Waals surface area contributed by atoms with Crippen molar-refractivity contribution in [3.8, 4) is 11.5 Å². The number of anilines is 1. The van der Waals surface area contributed by atoms with Crippen molar-refractivity contribution in [3.63, 3.8) is 0 Å². The number of para-hydroxylation sites is 2. The highest BCUT2D eigenvalue weighted by Crippen LogP contribution is 2.44. The van der Waals surface area contributed by atoms with E-state index in [9.17, 15) is 35.9 Å². The maximum atomic E-state index is 13.0. The van der Waals surface area contributed by atoms with Gasteiger partial charge in [0.1, 0.15) is 17.4 Å². The van der Waals surface area contributed by atoms with Crippen LogP contribution in [-0.4, -0.2) is 18.5 Å². The Hall–Kier alpha value is -4.02. The molecular formula is C24H15F6NO4. The van der Waals surface area contributed by atoms with Gasteiger partial charge >= 0.3 is 18.3 Å². The van der Waals surface area contributed by atoms with E-state index in [0.29, 0.717) is 34.8 Å². The molecule has 0 fully saturated rings. The van der Waals surface area contributed by atoms with Crippen molar-refractivity contribution in [2.75, 3.05) is 11.9 Å². The molecule has 0 bridgehead atoms. The molecule has 0 spiro atoms. The van der Waals surface area contributed by atoms with E-state index < -0.39 is 53.6 Å². The van der Waals surface area contributed by atoms with Gasteiger partial charge in [-0.15, -0.1) is 0 Å². The van der Waals surface area contributed by atoms with Gasteiger partial charge in [0.15, 0.2) is 6.61 Å². The lowest BCUT2D eigenvalue weighted by molar-refractivity contribution is -0.148. The number of alkyl halides is 6. The Bertz CT molecular complexity index is 1210. The summed E-state index contributed by atoms with van der Waals surface area (Å²) >= 11 is 0. The lowest BCUT2D eigenvalue weighted by Gasteiger charge is -2.26. The topological polar surface area (TPSA) is 64.6 Å². The molecule has 1 amide bonds. The summed E-state index contributed by atoms with van der Waals surface area (Å²) in [7, 11) is 0. The minimum Gasteiger partial charge on any atom is -0.457 e. The van der Waals surface area contributed by atoms with Gasteiger partial charge in [-0.25, -0.2) is 0 Å². The quantitative estimate of drug-likeness (QED) is 0.349. The predicted molar refractivity (Wildman–Crippen MR) is 111 cm³/mol. The lowest BCUT2D eigenvalue weighted by atomic mass is 9.88. The zero-order valence-corrected chi connectivity index (χ0v) is 17.5. The van der Waals surface area contributed by atoms with Crippen molar-refractivity contribution in [2.24, 2.45) is 0 Å². The number of rotatable bonds is 4. The first-order valence-electron chi connectivity index (χ1n) is 10.0. The van der Waals surface area contributed by atoms with Crippen molar-refractivity contribution < 1.29 is 45.4 Å². The molecule has 1 aliphatic rings. The normalized spacial score (nSPS) is 13.3. The summed E-state index contributed by atoms with van der Waals surface area (Å²) in [5, 5.41) is 1.92. The minimum absolute atomic E-state index is 0.0598. The third-order valence-electron chi connectivity index (χ3n) is 5.13. The second kappa shape index (κ2) is 8.97. The molecule has 0 radical (unpaired) electrons. The number of benzene rings is 3. The van der Waals surface area contributed by atoms with Crippen LogP contribution < -0.4 is 10.1 Å². The molecule has 0 saturated heterocycles. The molecular weight excluding hydrogens is 480 g/mol. The van der Waals surface area contributed by atoms with Crippen LogP contribution in [-0.2, 0) is 26.7 Å². The van der Waals surface area contributed by atoms with Crippen LogP contribution in [0.2, 0.25) is 0 Å². The predicted octanol–water partition coefficient (Wildman–Crippen LogP) is 6.14. The van der Waals surface area contributed by atoms with Gasteiger partial charge in [0.25, 0.3) is 5.91 Å². The van der Waals surface area contributed by atoms with Gasteiger partial charge in [-0.05, 0) is 30.3 Å². The fourth-order valence-corrected chi connectivity index (χ4v) is 3.61. The second-order valence-corrected chi connectivity index (χ2v) is 7.56. The van der Waals surface area contributed by atoms with Gasteiger partial charge in [-0.1, -0.05) is 36.4 Å². The zero-order chi connectivity index (χ0) is 25.4. The Balaban J connectivity index is 1.51.